The van der Waals surface area contributed by atoms with Crippen molar-refractivity contribution >= 4 is 29.4 Å². The summed E-state index contributed by atoms with van der Waals surface area (Å²) in [6, 6.07) is 3.52. The minimum atomic E-state index is -0.309. The fourth-order valence-electron chi connectivity index (χ4n) is 1.31. The first kappa shape index (κ1) is 9.92. The van der Waals surface area contributed by atoms with E-state index in [4.69, 9.17) is 0 Å². The third kappa shape index (κ3) is 2.24. The number of hydrogen-bond acceptors (Lipinski definition) is 3. The average Bonchev–Trinajstić information content (AvgIpc) is 2.84. The second kappa shape index (κ2) is 4.27. The van der Waals surface area contributed by atoms with Gasteiger partial charge in [-0.1, -0.05) is 6.07 Å². The van der Waals surface area contributed by atoms with Gasteiger partial charge in [-0.25, -0.2) is 4.79 Å². The highest BCUT2D eigenvalue weighted by atomic mass is 32.1. The minimum Gasteiger partial charge on any atom is -0.336 e. The molecule has 0 aromatic carbocycles. The lowest BCUT2D eigenvalue weighted by molar-refractivity contribution is -0.122. The third-order valence-electron chi connectivity index (χ3n) is 2.06. The molecule has 0 spiro atoms. The first-order chi connectivity index (χ1) is 7.27. The Morgan fingerprint density at radius 3 is 3.07 bits per heavy atom. The summed E-state index contributed by atoms with van der Waals surface area (Å²) in [5.41, 5.74) is 0. The summed E-state index contributed by atoms with van der Waals surface area (Å²) < 4.78 is 0. The molecule has 1 aliphatic heterocycles. The second-order valence-corrected chi connectivity index (χ2v) is 4.05. The van der Waals surface area contributed by atoms with E-state index in [2.05, 4.69) is 5.32 Å². The van der Waals surface area contributed by atoms with Crippen molar-refractivity contribution in [2.75, 3.05) is 13.1 Å². The van der Waals surface area contributed by atoms with Gasteiger partial charge in [-0.2, -0.15) is 0 Å². The zero-order valence-corrected chi connectivity index (χ0v) is 8.79. The molecule has 2 heterocycles. The van der Waals surface area contributed by atoms with Crippen LogP contribution in [0.15, 0.2) is 23.6 Å². The number of imide groups is 1. The molecule has 0 radical (unpaired) electrons. The smallest absolute Gasteiger partial charge is 0.324 e. The summed E-state index contributed by atoms with van der Waals surface area (Å²) in [5, 5.41) is 4.52. The van der Waals surface area contributed by atoms with Crippen molar-refractivity contribution in [2.45, 2.75) is 0 Å². The SMILES string of the molecule is O=C(/C=C/c1cccs1)N1CCNC1=O. The molecule has 0 bridgehead atoms. The van der Waals surface area contributed by atoms with Crippen LogP contribution in [0.25, 0.3) is 6.08 Å². The topological polar surface area (TPSA) is 49.4 Å². The first-order valence-corrected chi connectivity index (χ1v) is 5.46. The van der Waals surface area contributed by atoms with Gasteiger partial charge in [0.05, 0.1) is 0 Å². The number of hydrogen-bond donors (Lipinski definition) is 1. The highest BCUT2D eigenvalue weighted by Gasteiger charge is 2.23. The van der Waals surface area contributed by atoms with Gasteiger partial charge in [0.1, 0.15) is 0 Å². The molecular formula is C10H10N2O2S. The highest BCUT2D eigenvalue weighted by molar-refractivity contribution is 7.10. The van der Waals surface area contributed by atoms with Crippen molar-refractivity contribution in [1.29, 1.82) is 0 Å². The lowest BCUT2D eigenvalue weighted by Gasteiger charge is -2.07. The van der Waals surface area contributed by atoms with Crippen molar-refractivity contribution in [3.63, 3.8) is 0 Å². The zero-order chi connectivity index (χ0) is 10.7. The molecule has 0 unspecified atom stereocenters. The fourth-order valence-corrected chi connectivity index (χ4v) is 1.93. The van der Waals surface area contributed by atoms with Crippen LogP contribution in [0.5, 0.6) is 0 Å². The number of urea groups is 1. The Balaban J connectivity index is 2.00. The van der Waals surface area contributed by atoms with E-state index in [1.807, 2.05) is 17.5 Å². The van der Waals surface area contributed by atoms with Crippen LogP contribution in [0.2, 0.25) is 0 Å². The maximum Gasteiger partial charge on any atom is 0.324 e. The molecule has 15 heavy (non-hydrogen) atoms. The van der Waals surface area contributed by atoms with E-state index in [0.717, 1.165) is 4.88 Å². The van der Waals surface area contributed by atoms with E-state index in [9.17, 15) is 9.59 Å². The van der Waals surface area contributed by atoms with E-state index in [-0.39, 0.29) is 11.9 Å². The standard InChI is InChI=1S/C10H10N2O2S/c13-9(12-6-5-11-10(12)14)4-3-8-2-1-7-15-8/h1-4,7H,5-6H2,(H,11,14)/b4-3+. The van der Waals surface area contributed by atoms with E-state index in [0.29, 0.717) is 13.1 Å². The molecule has 1 N–H and O–H groups in total. The maximum absolute atomic E-state index is 11.5. The second-order valence-electron chi connectivity index (χ2n) is 3.07. The van der Waals surface area contributed by atoms with Crippen LogP contribution in [0, 0.1) is 0 Å². The van der Waals surface area contributed by atoms with E-state index < -0.39 is 0 Å². The minimum absolute atomic E-state index is 0.265. The normalized spacial score (nSPS) is 16.0. The van der Waals surface area contributed by atoms with Crippen molar-refractivity contribution in [2.24, 2.45) is 0 Å². The van der Waals surface area contributed by atoms with Crippen LogP contribution in [-0.4, -0.2) is 29.9 Å². The maximum atomic E-state index is 11.5. The molecule has 3 amide bonds. The van der Waals surface area contributed by atoms with Crippen LogP contribution in [-0.2, 0) is 4.79 Å². The molecule has 1 fully saturated rings. The molecule has 5 heteroatoms. The Morgan fingerprint density at radius 1 is 1.60 bits per heavy atom. The molecule has 78 valence electrons. The first-order valence-electron chi connectivity index (χ1n) is 4.58. The van der Waals surface area contributed by atoms with Crippen molar-refractivity contribution < 1.29 is 9.59 Å². The quantitative estimate of drug-likeness (QED) is 0.767. The number of nitrogens with one attached hydrogen (secondary N) is 1. The largest absolute Gasteiger partial charge is 0.336 e. The van der Waals surface area contributed by atoms with Crippen LogP contribution in [0.1, 0.15) is 4.88 Å². The zero-order valence-electron chi connectivity index (χ0n) is 7.97. The monoisotopic (exact) mass is 222 g/mol. The molecule has 1 aromatic rings. The van der Waals surface area contributed by atoms with Crippen LogP contribution >= 0.6 is 11.3 Å². The lowest BCUT2D eigenvalue weighted by Crippen LogP contribution is -2.32. The summed E-state index contributed by atoms with van der Waals surface area (Å²) in [6.07, 6.45) is 3.15. The lowest BCUT2D eigenvalue weighted by atomic mass is 10.4. The van der Waals surface area contributed by atoms with Crippen LogP contribution in [0.4, 0.5) is 4.79 Å². The van der Waals surface area contributed by atoms with E-state index in [1.165, 1.54) is 11.0 Å². The van der Waals surface area contributed by atoms with Crippen LogP contribution < -0.4 is 5.32 Å². The van der Waals surface area contributed by atoms with Gasteiger partial charge in [-0.3, -0.25) is 9.69 Å². The van der Waals surface area contributed by atoms with Crippen molar-refractivity contribution in [3.05, 3.63) is 28.5 Å². The Hall–Kier alpha value is -1.62. The van der Waals surface area contributed by atoms with Gasteiger partial charge in [0, 0.05) is 24.0 Å². The predicted molar refractivity (Wildman–Crippen MR) is 58.5 cm³/mol. The van der Waals surface area contributed by atoms with Gasteiger partial charge in [0.15, 0.2) is 0 Å². The molecule has 1 aliphatic rings. The van der Waals surface area contributed by atoms with Gasteiger partial charge >= 0.3 is 6.03 Å². The van der Waals surface area contributed by atoms with Gasteiger partial charge in [-0.15, -0.1) is 11.3 Å². The predicted octanol–water partition coefficient (Wildman–Crippen LogP) is 1.31. The van der Waals surface area contributed by atoms with Crippen molar-refractivity contribution in [3.8, 4) is 0 Å². The molecule has 0 aliphatic carbocycles. The Labute approximate surface area is 91.2 Å². The molecule has 2 rings (SSSR count). The van der Waals surface area contributed by atoms with Crippen molar-refractivity contribution in [1.82, 2.24) is 10.2 Å². The summed E-state index contributed by atoms with van der Waals surface area (Å²) in [5.74, 6) is -0.265. The summed E-state index contributed by atoms with van der Waals surface area (Å²) >= 11 is 1.55. The number of nitrogens with zero attached hydrogens (tertiary/aromatic N) is 1. The Morgan fingerprint density at radius 2 is 2.47 bits per heavy atom. The number of thiophene rings is 1. The Bertz CT molecular complexity index is 398. The van der Waals surface area contributed by atoms with Gasteiger partial charge in [-0.05, 0) is 17.5 Å². The number of rotatable bonds is 2. The van der Waals surface area contributed by atoms with Gasteiger partial charge in [0.25, 0.3) is 5.91 Å². The summed E-state index contributed by atoms with van der Waals surface area (Å²) in [7, 11) is 0. The third-order valence-corrected chi connectivity index (χ3v) is 2.89. The van der Waals surface area contributed by atoms with Gasteiger partial charge < -0.3 is 5.32 Å². The fraction of sp³-hybridized carbons (Fsp3) is 0.200. The number of carbonyl (C=O) groups excluding carboxylic acids is 2. The highest BCUT2D eigenvalue weighted by Crippen LogP contribution is 2.10. The number of amides is 3. The molecule has 4 nitrogen and oxygen atoms in total. The molecule has 1 aromatic heterocycles. The molecule has 1 saturated heterocycles. The molecule has 0 atom stereocenters. The van der Waals surface area contributed by atoms with Gasteiger partial charge in [0.2, 0.25) is 0 Å². The molecular weight excluding hydrogens is 212 g/mol. The van der Waals surface area contributed by atoms with E-state index >= 15 is 0 Å². The summed E-state index contributed by atoms with van der Waals surface area (Å²) in [6.45, 7) is 0.990. The Kier molecular flexibility index (Phi) is 2.82. The number of carbonyl (C=O) groups is 2. The molecule has 0 saturated carbocycles. The average molecular weight is 222 g/mol. The summed E-state index contributed by atoms with van der Waals surface area (Å²) in [4.78, 5) is 24.9. The van der Waals surface area contributed by atoms with E-state index in [1.54, 1.807) is 17.4 Å². The van der Waals surface area contributed by atoms with Crippen LogP contribution in [0.3, 0.4) is 0 Å².